The standard InChI is InChI=1S/C21H30N4O2S/c1-3-22-21(24-15-10-11-16(14-15)28-2)23-12-6-7-13-25-19(26)17-8-4-5-9-18(17)20(25)27/h4-5,8-9,15-16H,3,6-7,10-14H2,1-2H3,(H2,22,23,24). The van der Waals surface area contributed by atoms with Gasteiger partial charge in [-0.25, -0.2) is 0 Å². The maximum absolute atomic E-state index is 12.4. The van der Waals surface area contributed by atoms with Crippen LogP contribution in [0.5, 0.6) is 0 Å². The summed E-state index contributed by atoms with van der Waals surface area (Å²) in [6.07, 6.45) is 7.41. The second kappa shape index (κ2) is 9.96. The van der Waals surface area contributed by atoms with Crippen LogP contribution in [0, 0.1) is 0 Å². The first-order valence-corrected chi connectivity index (χ1v) is 11.5. The molecule has 152 valence electrons. The summed E-state index contributed by atoms with van der Waals surface area (Å²) in [6.45, 7) is 4.03. The number of imide groups is 1. The lowest BCUT2D eigenvalue weighted by atomic mass is 10.1. The maximum Gasteiger partial charge on any atom is 0.261 e. The Balaban J connectivity index is 1.43. The molecule has 2 aliphatic rings. The average Bonchev–Trinajstić information content (AvgIpc) is 3.26. The molecule has 2 N–H and O–H groups in total. The number of nitrogens with zero attached hydrogens (tertiary/aromatic N) is 2. The largest absolute Gasteiger partial charge is 0.357 e. The molecule has 2 unspecified atom stereocenters. The molecule has 1 saturated carbocycles. The van der Waals surface area contributed by atoms with E-state index in [0.29, 0.717) is 30.3 Å². The van der Waals surface area contributed by atoms with Crippen LogP contribution in [0.25, 0.3) is 0 Å². The number of fused-ring (bicyclic) bond motifs is 1. The summed E-state index contributed by atoms with van der Waals surface area (Å²) in [5.74, 6) is 0.516. The van der Waals surface area contributed by atoms with Crippen molar-refractivity contribution in [3.63, 3.8) is 0 Å². The van der Waals surface area contributed by atoms with Crippen molar-refractivity contribution >= 4 is 29.5 Å². The molecule has 2 amide bonds. The van der Waals surface area contributed by atoms with Crippen molar-refractivity contribution in [1.29, 1.82) is 0 Å². The van der Waals surface area contributed by atoms with E-state index in [1.165, 1.54) is 24.2 Å². The highest BCUT2D eigenvalue weighted by Crippen LogP contribution is 2.28. The third kappa shape index (κ3) is 4.87. The van der Waals surface area contributed by atoms with Gasteiger partial charge in [0.25, 0.3) is 11.8 Å². The first kappa shape index (κ1) is 20.7. The molecule has 2 atom stereocenters. The molecule has 1 aliphatic carbocycles. The van der Waals surface area contributed by atoms with E-state index in [4.69, 9.17) is 0 Å². The van der Waals surface area contributed by atoms with Crippen molar-refractivity contribution in [3.05, 3.63) is 35.4 Å². The Bertz CT molecular complexity index is 702. The van der Waals surface area contributed by atoms with E-state index >= 15 is 0 Å². The van der Waals surface area contributed by atoms with Gasteiger partial charge in [0, 0.05) is 30.9 Å². The highest BCUT2D eigenvalue weighted by Gasteiger charge is 2.34. The van der Waals surface area contributed by atoms with E-state index in [9.17, 15) is 9.59 Å². The van der Waals surface area contributed by atoms with Gasteiger partial charge in [-0.15, -0.1) is 0 Å². The van der Waals surface area contributed by atoms with Crippen LogP contribution in [0.4, 0.5) is 0 Å². The molecule has 28 heavy (non-hydrogen) atoms. The second-order valence-corrected chi connectivity index (χ2v) is 8.43. The Morgan fingerprint density at radius 3 is 2.50 bits per heavy atom. The number of hydrogen-bond donors (Lipinski definition) is 2. The summed E-state index contributed by atoms with van der Waals surface area (Å²) in [7, 11) is 0. The minimum absolute atomic E-state index is 0.177. The molecule has 6 nitrogen and oxygen atoms in total. The summed E-state index contributed by atoms with van der Waals surface area (Å²) in [6, 6.07) is 7.53. The molecule has 1 aliphatic heterocycles. The number of carbonyl (C=O) groups excluding carboxylic acids is 2. The molecule has 0 bridgehead atoms. The van der Waals surface area contributed by atoms with Gasteiger partial charge in [-0.3, -0.25) is 19.5 Å². The summed E-state index contributed by atoms with van der Waals surface area (Å²) in [4.78, 5) is 30.8. The van der Waals surface area contributed by atoms with Gasteiger partial charge in [-0.05, 0) is 57.4 Å². The number of hydrogen-bond acceptors (Lipinski definition) is 4. The molecule has 7 heteroatoms. The van der Waals surface area contributed by atoms with E-state index < -0.39 is 0 Å². The van der Waals surface area contributed by atoms with Crippen molar-refractivity contribution in [2.45, 2.75) is 50.3 Å². The fourth-order valence-electron chi connectivity index (χ4n) is 3.81. The fraction of sp³-hybridized carbons (Fsp3) is 0.571. The monoisotopic (exact) mass is 402 g/mol. The van der Waals surface area contributed by atoms with Gasteiger partial charge in [0.05, 0.1) is 11.1 Å². The molecule has 1 fully saturated rings. The zero-order valence-corrected chi connectivity index (χ0v) is 17.6. The normalized spacial score (nSPS) is 21.9. The predicted molar refractivity (Wildman–Crippen MR) is 115 cm³/mol. The molecule has 1 heterocycles. The third-order valence-electron chi connectivity index (χ3n) is 5.34. The minimum atomic E-state index is -0.177. The Morgan fingerprint density at radius 2 is 1.89 bits per heavy atom. The third-order valence-corrected chi connectivity index (χ3v) is 6.44. The molecule has 0 aromatic heterocycles. The van der Waals surface area contributed by atoms with E-state index in [1.807, 2.05) is 11.8 Å². The SMILES string of the molecule is CCNC(=NCCCCN1C(=O)c2ccccc2C1=O)NC1CCC(SC)C1. The number of guanidine groups is 1. The van der Waals surface area contributed by atoms with Crippen molar-refractivity contribution < 1.29 is 9.59 Å². The van der Waals surface area contributed by atoms with Gasteiger partial charge >= 0.3 is 0 Å². The van der Waals surface area contributed by atoms with Crippen LogP contribution >= 0.6 is 11.8 Å². The molecule has 0 saturated heterocycles. The van der Waals surface area contributed by atoms with Crippen molar-refractivity contribution in [2.24, 2.45) is 4.99 Å². The summed E-state index contributed by atoms with van der Waals surface area (Å²) in [5.41, 5.74) is 1.04. The van der Waals surface area contributed by atoms with Crippen LogP contribution in [0.3, 0.4) is 0 Å². The van der Waals surface area contributed by atoms with Gasteiger partial charge in [-0.2, -0.15) is 11.8 Å². The van der Waals surface area contributed by atoms with Crippen molar-refractivity contribution in [2.75, 3.05) is 25.9 Å². The molecular weight excluding hydrogens is 372 g/mol. The Hall–Kier alpha value is -2.02. The average molecular weight is 403 g/mol. The van der Waals surface area contributed by atoms with Gasteiger partial charge < -0.3 is 10.6 Å². The zero-order chi connectivity index (χ0) is 19.9. The predicted octanol–water partition coefficient (Wildman–Crippen LogP) is 2.90. The van der Waals surface area contributed by atoms with E-state index in [0.717, 1.165) is 30.6 Å². The molecule has 0 radical (unpaired) electrons. The van der Waals surface area contributed by atoms with E-state index in [1.54, 1.807) is 24.3 Å². The van der Waals surface area contributed by atoms with Gasteiger partial charge in [0.1, 0.15) is 0 Å². The number of carbonyl (C=O) groups is 2. The number of amides is 2. The van der Waals surface area contributed by atoms with Crippen LogP contribution in [-0.2, 0) is 0 Å². The van der Waals surface area contributed by atoms with Crippen molar-refractivity contribution in [3.8, 4) is 0 Å². The van der Waals surface area contributed by atoms with Crippen LogP contribution in [0.2, 0.25) is 0 Å². The number of unbranched alkanes of at least 4 members (excludes halogenated alkanes) is 1. The first-order chi connectivity index (χ1) is 13.6. The fourth-order valence-corrected chi connectivity index (χ4v) is 4.61. The highest BCUT2D eigenvalue weighted by molar-refractivity contribution is 7.99. The lowest BCUT2D eigenvalue weighted by molar-refractivity contribution is 0.0652. The van der Waals surface area contributed by atoms with Crippen LogP contribution in [0.1, 0.15) is 59.7 Å². The lowest BCUT2D eigenvalue weighted by Gasteiger charge is -2.17. The summed E-state index contributed by atoms with van der Waals surface area (Å²) >= 11 is 1.95. The topological polar surface area (TPSA) is 73.8 Å². The number of benzene rings is 1. The lowest BCUT2D eigenvalue weighted by Crippen LogP contribution is -2.42. The Kier molecular flexibility index (Phi) is 7.36. The van der Waals surface area contributed by atoms with Crippen molar-refractivity contribution in [1.82, 2.24) is 15.5 Å². The molecule has 0 spiro atoms. The summed E-state index contributed by atoms with van der Waals surface area (Å²) < 4.78 is 0. The molecular formula is C21H30N4O2S. The first-order valence-electron chi connectivity index (χ1n) is 10.2. The number of thioether (sulfide) groups is 1. The number of nitrogens with one attached hydrogen (secondary N) is 2. The molecule has 3 rings (SSSR count). The quantitative estimate of drug-likeness (QED) is 0.303. The van der Waals surface area contributed by atoms with Gasteiger partial charge in [0.2, 0.25) is 0 Å². The maximum atomic E-state index is 12.4. The van der Waals surface area contributed by atoms with Gasteiger partial charge in [-0.1, -0.05) is 12.1 Å². The van der Waals surface area contributed by atoms with E-state index in [2.05, 4.69) is 28.8 Å². The zero-order valence-electron chi connectivity index (χ0n) is 16.7. The Morgan fingerprint density at radius 1 is 1.18 bits per heavy atom. The summed E-state index contributed by atoms with van der Waals surface area (Å²) in [5, 5.41) is 7.61. The second-order valence-electron chi connectivity index (χ2n) is 7.29. The van der Waals surface area contributed by atoms with Crippen LogP contribution in [0.15, 0.2) is 29.3 Å². The highest BCUT2D eigenvalue weighted by atomic mass is 32.2. The molecule has 1 aromatic carbocycles. The van der Waals surface area contributed by atoms with E-state index in [-0.39, 0.29) is 11.8 Å². The minimum Gasteiger partial charge on any atom is -0.357 e. The van der Waals surface area contributed by atoms with Crippen LogP contribution < -0.4 is 10.6 Å². The van der Waals surface area contributed by atoms with Crippen LogP contribution in [-0.4, -0.2) is 59.9 Å². The molecule has 1 aromatic rings. The van der Waals surface area contributed by atoms with Gasteiger partial charge in [0.15, 0.2) is 5.96 Å². The Labute approximate surface area is 171 Å². The number of rotatable bonds is 8. The smallest absolute Gasteiger partial charge is 0.261 e. The number of aliphatic imine (C=N–C) groups is 1.